The number of esters is 1. The van der Waals surface area contributed by atoms with Crippen molar-refractivity contribution in [3.63, 3.8) is 0 Å². The molecule has 0 amide bonds. The minimum absolute atomic E-state index is 0.126. The molecule has 2 aliphatic rings. The normalized spacial score (nSPS) is 26.4. The van der Waals surface area contributed by atoms with Gasteiger partial charge < -0.3 is 19.3 Å². The predicted molar refractivity (Wildman–Crippen MR) is 114 cm³/mol. The average Bonchev–Trinajstić information content (AvgIpc) is 3.33. The van der Waals surface area contributed by atoms with Crippen LogP contribution in [0, 0.1) is 11.8 Å². The van der Waals surface area contributed by atoms with Gasteiger partial charge in [-0.05, 0) is 63.2 Å². The van der Waals surface area contributed by atoms with Gasteiger partial charge in [-0.15, -0.1) is 0 Å². The maximum Gasteiger partial charge on any atom is 0.305 e. The van der Waals surface area contributed by atoms with Gasteiger partial charge in [-0.2, -0.15) is 0 Å². The fraction of sp³-hybridized carbons (Fsp3) is 0.875. The summed E-state index contributed by atoms with van der Waals surface area (Å²) in [7, 11) is 1.44. The lowest BCUT2D eigenvalue weighted by Gasteiger charge is -2.30. The van der Waals surface area contributed by atoms with Crippen molar-refractivity contribution in [2.45, 2.75) is 102 Å². The van der Waals surface area contributed by atoms with Gasteiger partial charge in [0.1, 0.15) is 0 Å². The van der Waals surface area contributed by atoms with Crippen molar-refractivity contribution in [2.24, 2.45) is 11.8 Å². The lowest BCUT2D eigenvalue weighted by atomic mass is 9.85. The maximum atomic E-state index is 11.1. The number of aliphatic hydroxyl groups is 1. The summed E-state index contributed by atoms with van der Waals surface area (Å²) in [5, 5.41) is 10.5. The van der Waals surface area contributed by atoms with Crippen LogP contribution in [0.2, 0.25) is 0 Å². The zero-order valence-corrected chi connectivity index (χ0v) is 18.6. The number of ether oxygens (including phenoxy) is 3. The summed E-state index contributed by atoms with van der Waals surface area (Å²) in [4.78, 5) is 11.1. The first-order valence-electron chi connectivity index (χ1n) is 11.8. The van der Waals surface area contributed by atoms with Crippen LogP contribution >= 0.6 is 0 Å². The van der Waals surface area contributed by atoms with Crippen LogP contribution < -0.4 is 0 Å². The third-order valence-corrected chi connectivity index (χ3v) is 6.60. The molecule has 0 spiro atoms. The standard InChI is InChI=1S/C24H42O5/c1-3-4-10-16-24(28-18-19-29-24)17-15-21-20(13-14-22(21)25)11-8-6-5-7-9-12-23(26)27-2/h6,8,20-22,25H,3-5,7,9-19H2,1-2H3/b8-6-/t20-,21+,22-/m0/s1. The van der Waals surface area contributed by atoms with E-state index in [9.17, 15) is 9.90 Å². The molecule has 0 radical (unpaired) electrons. The Morgan fingerprint density at radius 2 is 1.90 bits per heavy atom. The van der Waals surface area contributed by atoms with Crippen LogP contribution in [0.4, 0.5) is 0 Å². The summed E-state index contributed by atoms with van der Waals surface area (Å²) in [6, 6.07) is 0. The van der Waals surface area contributed by atoms with Crippen molar-refractivity contribution in [1.29, 1.82) is 0 Å². The van der Waals surface area contributed by atoms with Crippen LogP contribution in [0.5, 0.6) is 0 Å². The number of methoxy groups -OCH3 is 1. The second-order valence-corrected chi connectivity index (χ2v) is 8.70. The summed E-state index contributed by atoms with van der Waals surface area (Å²) in [6.07, 6.45) is 17.2. The van der Waals surface area contributed by atoms with E-state index in [1.54, 1.807) is 0 Å². The van der Waals surface area contributed by atoms with Crippen LogP contribution in [-0.4, -0.2) is 43.3 Å². The minimum Gasteiger partial charge on any atom is -0.469 e. The topological polar surface area (TPSA) is 65.0 Å². The third-order valence-electron chi connectivity index (χ3n) is 6.60. The Morgan fingerprint density at radius 3 is 2.62 bits per heavy atom. The molecule has 0 aromatic heterocycles. The van der Waals surface area contributed by atoms with Gasteiger partial charge in [0.15, 0.2) is 5.79 Å². The fourth-order valence-electron chi connectivity index (χ4n) is 4.81. The Hall–Kier alpha value is -0.910. The smallest absolute Gasteiger partial charge is 0.305 e. The van der Waals surface area contributed by atoms with Crippen LogP contribution in [0.15, 0.2) is 12.2 Å². The molecule has 168 valence electrons. The van der Waals surface area contributed by atoms with E-state index in [1.807, 2.05) is 0 Å². The zero-order valence-electron chi connectivity index (χ0n) is 18.6. The van der Waals surface area contributed by atoms with E-state index in [-0.39, 0.29) is 12.1 Å². The number of allylic oxidation sites excluding steroid dienone is 2. The first-order valence-corrected chi connectivity index (χ1v) is 11.8. The van der Waals surface area contributed by atoms with Gasteiger partial charge in [-0.1, -0.05) is 31.9 Å². The molecule has 1 N–H and O–H groups in total. The van der Waals surface area contributed by atoms with Gasteiger partial charge >= 0.3 is 5.97 Å². The third kappa shape index (κ3) is 8.39. The monoisotopic (exact) mass is 410 g/mol. The lowest BCUT2D eigenvalue weighted by Crippen LogP contribution is -2.32. The fourth-order valence-corrected chi connectivity index (χ4v) is 4.81. The predicted octanol–water partition coefficient (Wildman–Crippen LogP) is 5.16. The number of carbonyl (C=O) groups excluding carboxylic acids is 1. The summed E-state index contributed by atoms with van der Waals surface area (Å²) in [5.74, 6) is 0.358. The highest BCUT2D eigenvalue weighted by Crippen LogP contribution is 2.41. The molecular formula is C24H42O5. The van der Waals surface area contributed by atoms with Crippen molar-refractivity contribution >= 4 is 5.97 Å². The van der Waals surface area contributed by atoms with E-state index < -0.39 is 5.79 Å². The van der Waals surface area contributed by atoms with E-state index in [0.29, 0.717) is 31.5 Å². The maximum absolute atomic E-state index is 11.1. The highest BCUT2D eigenvalue weighted by atomic mass is 16.7. The molecule has 29 heavy (non-hydrogen) atoms. The summed E-state index contributed by atoms with van der Waals surface area (Å²) >= 11 is 0. The molecular weight excluding hydrogens is 368 g/mol. The molecule has 0 unspecified atom stereocenters. The Kier molecular flexibility index (Phi) is 11.3. The molecule has 5 heteroatoms. The average molecular weight is 411 g/mol. The number of carbonyl (C=O) groups is 1. The van der Waals surface area contributed by atoms with Crippen LogP contribution in [0.1, 0.15) is 90.4 Å². The Balaban J connectivity index is 1.72. The minimum atomic E-state index is -0.405. The van der Waals surface area contributed by atoms with Crippen molar-refractivity contribution in [2.75, 3.05) is 20.3 Å². The van der Waals surface area contributed by atoms with Gasteiger partial charge in [0.25, 0.3) is 0 Å². The second-order valence-electron chi connectivity index (χ2n) is 8.70. The first-order chi connectivity index (χ1) is 14.1. The molecule has 1 heterocycles. The van der Waals surface area contributed by atoms with E-state index >= 15 is 0 Å². The van der Waals surface area contributed by atoms with Crippen LogP contribution in [0.25, 0.3) is 0 Å². The molecule has 3 atom stereocenters. The quantitative estimate of drug-likeness (QED) is 0.243. The van der Waals surface area contributed by atoms with Crippen LogP contribution in [-0.2, 0) is 19.0 Å². The highest BCUT2D eigenvalue weighted by molar-refractivity contribution is 5.68. The molecule has 0 aromatic rings. The Morgan fingerprint density at radius 1 is 1.10 bits per heavy atom. The van der Waals surface area contributed by atoms with Gasteiger partial charge in [-0.3, -0.25) is 4.79 Å². The van der Waals surface area contributed by atoms with Crippen molar-refractivity contribution in [3.05, 3.63) is 12.2 Å². The molecule has 1 aliphatic heterocycles. The van der Waals surface area contributed by atoms with E-state index in [1.165, 1.54) is 20.0 Å². The number of unbranched alkanes of at least 4 members (excludes halogenated alkanes) is 4. The second kappa shape index (κ2) is 13.4. The van der Waals surface area contributed by atoms with Gasteiger partial charge in [-0.25, -0.2) is 0 Å². The number of rotatable bonds is 14. The Labute approximate surface area is 177 Å². The number of hydrogen-bond acceptors (Lipinski definition) is 5. The SMILES string of the molecule is CCCCCC1(CC[C@@H]2[C@@H](C/C=C\CCCCC(=O)OC)CC[C@@H]2O)OCCO1. The number of hydrogen-bond donors (Lipinski definition) is 1. The highest BCUT2D eigenvalue weighted by Gasteiger charge is 2.40. The first kappa shape index (κ1) is 24.4. The van der Waals surface area contributed by atoms with Gasteiger partial charge in [0.2, 0.25) is 0 Å². The van der Waals surface area contributed by atoms with Crippen molar-refractivity contribution in [3.8, 4) is 0 Å². The zero-order chi connectivity index (χ0) is 21.0. The molecule has 1 saturated heterocycles. The molecule has 1 saturated carbocycles. The Bertz CT molecular complexity index is 484. The van der Waals surface area contributed by atoms with Crippen molar-refractivity contribution in [1.82, 2.24) is 0 Å². The van der Waals surface area contributed by atoms with E-state index in [2.05, 4.69) is 23.8 Å². The van der Waals surface area contributed by atoms with E-state index in [4.69, 9.17) is 9.47 Å². The van der Waals surface area contributed by atoms with E-state index in [0.717, 1.165) is 64.2 Å². The molecule has 0 bridgehead atoms. The molecule has 1 aliphatic carbocycles. The largest absolute Gasteiger partial charge is 0.469 e. The summed E-state index contributed by atoms with van der Waals surface area (Å²) in [6.45, 7) is 3.61. The summed E-state index contributed by atoms with van der Waals surface area (Å²) in [5.41, 5.74) is 0. The lowest BCUT2D eigenvalue weighted by molar-refractivity contribution is -0.171. The van der Waals surface area contributed by atoms with Gasteiger partial charge in [0, 0.05) is 19.3 Å². The molecule has 2 fully saturated rings. The number of aliphatic hydroxyl groups excluding tert-OH is 1. The molecule has 0 aromatic carbocycles. The summed E-state index contributed by atoms with van der Waals surface area (Å²) < 4.78 is 16.7. The molecule has 2 rings (SSSR count). The van der Waals surface area contributed by atoms with Gasteiger partial charge in [0.05, 0.1) is 26.4 Å². The molecule has 5 nitrogen and oxygen atoms in total. The van der Waals surface area contributed by atoms with Crippen LogP contribution in [0.3, 0.4) is 0 Å². The van der Waals surface area contributed by atoms with Crippen molar-refractivity contribution < 1.29 is 24.1 Å².